The van der Waals surface area contributed by atoms with Crippen molar-refractivity contribution in [2.75, 3.05) is 31.2 Å². The first-order valence-corrected chi connectivity index (χ1v) is 6.19. The van der Waals surface area contributed by atoms with E-state index >= 15 is 0 Å². The van der Waals surface area contributed by atoms with Crippen LogP contribution in [0.25, 0.3) is 11.1 Å². The lowest BCUT2D eigenvalue weighted by Crippen LogP contribution is -2.36. The highest BCUT2D eigenvalue weighted by Gasteiger charge is 2.11. The zero-order valence-electron chi connectivity index (χ0n) is 10.2. The Bertz CT molecular complexity index is 490. The number of anilines is 1. The molecule has 0 atom stereocenters. The molecular weight excluding hydrogens is 224 g/mol. The Morgan fingerprint density at radius 3 is 2.44 bits per heavy atom. The fraction of sp³-hybridized carbons (Fsp3) is 0.267. The number of nitrogens with zero attached hydrogens (tertiary/aromatic N) is 2. The molecule has 0 bridgehead atoms. The predicted octanol–water partition coefficient (Wildman–Crippen LogP) is 2.39. The number of benzene rings is 1. The Hall–Kier alpha value is -1.87. The minimum absolute atomic E-state index is 0.790. The molecule has 0 unspecified atom stereocenters. The van der Waals surface area contributed by atoms with E-state index in [4.69, 9.17) is 4.74 Å². The van der Waals surface area contributed by atoms with E-state index in [2.05, 4.69) is 28.1 Å². The van der Waals surface area contributed by atoms with Crippen LogP contribution in [0, 0.1) is 6.07 Å². The second kappa shape index (κ2) is 5.19. The van der Waals surface area contributed by atoms with Crippen molar-refractivity contribution < 1.29 is 4.74 Å². The summed E-state index contributed by atoms with van der Waals surface area (Å²) in [6.45, 7) is 3.43. The van der Waals surface area contributed by atoms with Crippen molar-refractivity contribution in [1.29, 1.82) is 0 Å². The Morgan fingerprint density at radius 1 is 1.00 bits per heavy atom. The van der Waals surface area contributed by atoms with Crippen molar-refractivity contribution in [3.8, 4) is 11.1 Å². The van der Waals surface area contributed by atoms with E-state index in [1.165, 1.54) is 5.56 Å². The summed E-state index contributed by atoms with van der Waals surface area (Å²) in [6.07, 6.45) is 1.93. The van der Waals surface area contributed by atoms with Crippen LogP contribution in [-0.2, 0) is 4.74 Å². The van der Waals surface area contributed by atoms with Crippen molar-refractivity contribution in [3.05, 3.63) is 48.7 Å². The molecule has 1 aliphatic rings. The van der Waals surface area contributed by atoms with Gasteiger partial charge in [0.25, 0.3) is 0 Å². The largest absolute Gasteiger partial charge is 0.378 e. The summed E-state index contributed by atoms with van der Waals surface area (Å²) in [4.78, 5) is 6.79. The van der Waals surface area contributed by atoms with Gasteiger partial charge in [-0.05, 0) is 23.8 Å². The van der Waals surface area contributed by atoms with E-state index < -0.39 is 0 Å². The fourth-order valence-electron chi connectivity index (χ4n) is 2.12. The molecular formula is C15H15N2O. The lowest BCUT2D eigenvalue weighted by Gasteiger charge is -2.27. The van der Waals surface area contributed by atoms with Crippen LogP contribution in [0.5, 0.6) is 0 Å². The predicted molar refractivity (Wildman–Crippen MR) is 71.5 cm³/mol. The highest BCUT2D eigenvalue weighted by Crippen LogP contribution is 2.20. The maximum absolute atomic E-state index is 5.34. The second-order valence-electron chi connectivity index (χ2n) is 4.29. The molecule has 0 aliphatic carbocycles. The van der Waals surface area contributed by atoms with Gasteiger partial charge in [0.15, 0.2) is 0 Å². The third-order valence-electron chi connectivity index (χ3n) is 3.13. The summed E-state index contributed by atoms with van der Waals surface area (Å²) < 4.78 is 5.34. The molecule has 1 aliphatic heterocycles. The zero-order chi connectivity index (χ0) is 12.2. The van der Waals surface area contributed by atoms with Crippen molar-refractivity contribution in [2.24, 2.45) is 0 Å². The third-order valence-corrected chi connectivity index (χ3v) is 3.13. The van der Waals surface area contributed by atoms with Gasteiger partial charge >= 0.3 is 0 Å². The Balaban J connectivity index is 1.80. The number of morpholine rings is 1. The molecule has 91 valence electrons. The van der Waals surface area contributed by atoms with E-state index in [1.54, 1.807) is 0 Å². The van der Waals surface area contributed by atoms with E-state index in [0.29, 0.717) is 0 Å². The van der Waals surface area contributed by atoms with Crippen LogP contribution in [-0.4, -0.2) is 31.3 Å². The van der Waals surface area contributed by atoms with E-state index in [9.17, 15) is 0 Å². The number of aromatic nitrogens is 1. The van der Waals surface area contributed by atoms with E-state index in [0.717, 1.165) is 37.7 Å². The molecule has 0 spiro atoms. The zero-order valence-corrected chi connectivity index (χ0v) is 10.2. The van der Waals surface area contributed by atoms with Crippen LogP contribution in [0.4, 0.5) is 5.82 Å². The summed E-state index contributed by atoms with van der Waals surface area (Å²) in [7, 11) is 0. The number of hydrogen-bond donors (Lipinski definition) is 0. The molecule has 2 heterocycles. The molecule has 0 saturated carbocycles. The molecule has 3 rings (SSSR count). The molecule has 1 aromatic carbocycles. The van der Waals surface area contributed by atoms with Gasteiger partial charge in [-0.2, -0.15) is 0 Å². The maximum atomic E-state index is 5.34. The van der Waals surface area contributed by atoms with Crippen LogP contribution in [0.15, 0.2) is 42.6 Å². The molecule has 1 fully saturated rings. The number of hydrogen-bond acceptors (Lipinski definition) is 3. The molecule has 1 aromatic heterocycles. The summed E-state index contributed by atoms with van der Waals surface area (Å²) >= 11 is 0. The Morgan fingerprint density at radius 2 is 1.78 bits per heavy atom. The van der Waals surface area contributed by atoms with Crippen molar-refractivity contribution in [1.82, 2.24) is 4.98 Å². The van der Waals surface area contributed by atoms with Gasteiger partial charge in [-0.15, -0.1) is 0 Å². The average molecular weight is 239 g/mol. The summed E-state index contributed by atoms with van der Waals surface area (Å²) in [6, 6.07) is 15.2. The molecule has 1 radical (unpaired) electrons. The summed E-state index contributed by atoms with van der Waals surface area (Å²) in [5.74, 6) is 1.03. The van der Waals surface area contributed by atoms with Gasteiger partial charge in [0.05, 0.1) is 13.2 Å². The topological polar surface area (TPSA) is 25.4 Å². The highest BCUT2D eigenvalue weighted by molar-refractivity contribution is 5.63. The molecule has 0 N–H and O–H groups in total. The number of pyridine rings is 1. The van der Waals surface area contributed by atoms with Gasteiger partial charge in [-0.25, -0.2) is 4.98 Å². The highest BCUT2D eigenvalue weighted by atomic mass is 16.5. The monoisotopic (exact) mass is 239 g/mol. The van der Waals surface area contributed by atoms with Gasteiger partial charge in [-0.1, -0.05) is 24.3 Å². The van der Waals surface area contributed by atoms with Crippen molar-refractivity contribution in [2.45, 2.75) is 0 Å². The Kier molecular flexibility index (Phi) is 3.24. The minimum atomic E-state index is 0.790. The van der Waals surface area contributed by atoms with Crippen LogP contribution in [0.1, 0.15) is 0 Å². The smallest absolute Gasteiger partial charge is 0.128 e. The number of rotatable bonds is 2. The van der Waals surface area contributed by atoms with Crippen molar-refractivity contribution >= 4 is 5.82 Å². The molecule has 3 heteroatoms. The van der Waals surface area contributed by atoms with Gasteiger partial charge in [0.1, 0.15) is 5.82 Å². The minimum Gasteiger partial charge on any atom is -0.378 e. The molecule has 1 saturated heterocycles. The van der Waals surface area contributed by atoms with Crippen LogP contribution in [0.2, 0.25) is 0 Å². The fourth-order valence-corrected chi connectivity index (χ4v) is 2.12. The first kappa shape index (κ1) is 11.2. The van der Waals surface area contributed by atoms with Crippen LogP contribution < -0.4 is 4.90 Å². The van der Waals surface area contributed by atoms with Crippen molar-refractivity contribution in [3.63, 3.8) is 0 Å². The standard InChI is InChI=1S/C15H15N2O/c1-2-4-13(5-3-1)14-6-7-15(16-12-14)17-8-10-18-11-9-17/h2-7,12H,8-11H2. The maximum Gasteiger partial charge on any atom is 0.128 e. The van der Waals surface area contributed by atoms with E-state index in [-0.39, 0.29) is 0 Å². The van der Waals surface area contributed by atoms with Crippen LogP contribution >= 0.6 is 0 Å². The van der Waals surface area contributed by atoms with Gasteiger partial charge in [-0.3, -0.25) is 0 Å². The normalized spacial score (nSPS) is 15.7. The molecule has 2 aromatic rings. The molecule has 18 heavy (non-hydrogen) atoms. The average Bonchev–Trinajstić information content (AvgIpc) is 2.49. The third kappa shape index (κ3) is 2.36. The quantitative estimate of drug-likeness (QED) is 0.804. The second-order valence-corrected chi connectivity index (χ2v) is 4.29. The van der Waals surface area contributed by atoms with Gasteiger partial charge in [0.2, 0.25) is 0 Å². The molecule has 3 nitrogen and oxygen atoms in total. The summed E-state index contributed by atoms with van der Waals surface area (Å²) in [5, 5.41) is 0. The van der Waals surface area contributed by atoms with Gasteiger partial charge < -0.3 is 9.64 Å². The van der Waals surface area contributed by atoms with Gasteiger partial charge in [0, 0.05) is 24.8 Å². The lowest BCUT2D eigenvalue weighted by atomic mass is 10.1. The van der Waals surface area contributed by atoms with E-state index in [1.807, 2.05) is 30.5 Å². The first-order chi connectivity index (χ1) is 8.93. The SMILES string of the molecule is [c]1ccc(-c2ccc(N3CCOCC3)nc2)cc1. The molecule has 0 amide bonds. The Labute approximate surface area is 107 Å². The summed E-state index contributed by atoms with van der Waals surface area (Å²) in [5.41, 5.74) is 2.32. The lowest BCUT2D eigenvalue weighted by molar-refractivity contribution is 0.122. The van der Waals surface area contributed by atoms with Crippen LogP contribution in [0.3, 0.4) is 0 Å². The first-order valence-electron chi connectivity index (χ1n) is 6.19. The number of ether oxygens (including phenoxy) is 1.